The van der Waals surface area contributed by atoms with Crippen molar-refractivity contribution in [3.8, 4) is 11.8 Å². The average molecular weight is 508 g/mol. The lowest BCUT2D eigenvalue weighted by Gasteiger charge is -2.12. The van der Waals surface area contributed by atoms with E-state index < -0.39 is 16.0 Å². The summed E-state index contributed by atoms with van der Waals surface area (Å²) < 4.78 is 30.7. The van der Waals surface area contributed by atoms with Crippen LogP contribution in [0.2, 0.25) is 15.1 Å². The summed E-state index contributed by atoms with van der Waals surface area (Å²) in [5, 5.41) is 12.4. The number of anilines is 1. The van der Waals surface area contributed by atoms with Crippen LogP contribution in [-0.4, -0.2) is 14.3 Å². The van der Waals surface area contributed by atoms with E-state index in [4.69, 9.17) is 39.0 Å². The predicted molar refractivity (Wildman–Crippen MR) is 124 cm³/mol. The molecular formula is C22H13Cl3N2O4S. The average Bonchev–Trinajstić information content (AvgIpc) is 2.75. The molecule has 0 aromatic heterocycles. The van der Waals surface area contributed by atoms with Crippen LogP contribution in [0.3, 0.4) is 0 Å². The number of hydrogen-bond donors (Lipinski definition) is 1. The lowest BCUT2D eigenvalue weighted by Crippen LogP contribution is -2.14. The Labute approximate surface area is 199 Å². The fourth-order valence-corrected chi connectivity index (χ4v) is 4.25. The minimum absolute atomic E-state index is 0.0276. The van der Waals surface area contributed by atoms with Gasteiger partial charge in [-0.05, 0) is 54.6 Å². The molecule has 0 aliphatic rings. The molecule has 0 spiro atoms. The Bertz CT molecular complexity index is 1330. The lowest BCUT2D eigenvalue weighted by atomic mass is 10.1. The fraction of sp³-hybridized carbons (Fsp3) is 0. The van der Waals surface area contributed by atoms with Gasteiger partial charge in [0.1, 0.15) is 16.5 Å². The van der Waals surface area contributed by atoms with Crippen molar-refractivity contribution in [2.45, 2.75) is 4.90 Å². The zero-order valence-electron chi connectivity index (χ0n) is 16.1. The molecule has 0 fully saturated rings. The van der Waals surface area contributed by atoms with Gasteiger partial charge in [0.15, 0.2) is 5.75 Å². The summed E-state index contributed by atoms with van der Waals surface area (Å²) in [6.07, 6.45) is 1.14. The van der Waals surface area contributed by atoms with Crippen molar-refractivity contribution in [2.24, 2.45) is 0 Å². The van der Waals surface area contributed by atoms with E-state index in [2.05, 4.69) is 5.32 Å². The number of amides is 1. The topological polar surface area (TPSA) is 96.3 Å². The highest BCUT2D eigenvalue weighted by molar-refractivity contribution is 7.87. The van der Waals surface area contributed by atoms with E-state index in [-0.39, 0.29) is 31.8 Å². The quantitative estimate of drug-likeness (QED) is 0.252. The number of carbonyl (C=O) groups excluding carboxylic acids is 1. The van der Waals surface area contributed by atoms with E-state index in [1.807, 2.05) is 0 Å². The van der Waals surface area contributed by atoms with Crippen LogP contribution in [0, 0.1) is 11.3 Å². The second-order valence-electron chi connectivity index (χ2n) is 6.29. The molecule has 0 aliphatic carbocycles. The molecule has 162 valence electrons. The van der Waals surface area contributed by atoms with Crippen LogP contribution in [0.15, 0.2) is 77.2 Å². The molecule has 3 aromatic rings. The first-order valence-corrected chi connectivity index (χ1v) is 11.4. The van der Waals surface area contributed by atoms with E-state index >= 15 is 0 Å². The van der Waals surface area contributed by atoms with E-state index in [0.29, 0.717) is 10.7 Å². The van der Waals surface area contributed by atoms with Gasteiger partial charge in [0, 0.05) is 21.3 Å². The Morgan fingerprint density at radius 2 is 1.62 bits per heavy atom. The van der Waals surface area contributed by atoms with Crippen LogP contribution in [-0.2, 0) is 14.9 Å². The number of hydrogen-bond acceptors (Lipinski definition) is 5. The highest BCUT2D eigenvalue weighted by atomic mass is 35.5. The summed E-state index contributed by atoms with van der Waals surface area (Å²) in [5.41, 5.74) is 0.185. The van der Waals surface area contributed by atoms with Crippen LogP contribution in [0.5, 0.6) is 5.75 Å². The molecule has 0 saturated carbocycles. The minimum atomic E-state index is -4.30. The third kappa shape index (κ3) is 5.81. The van der Waals surface area contributed by atoms with Gasteiger partial charge in [0.05, 0.1) is 5.02 Å². The number of nitriles is 1. The van der Waals surface area contributed by atoms with Gasteiger partial charge in [0.2, 0.25) is 0 Å². The maximum absolute atomic E-state index is 12.7. The van der Waals surface area contributed by atoms with Crippen LogP contribution in [0.25, 0.3) is 6.08 Å². The molecule has 1 amide bonds. The Morgan fingerprint density at radius 3 is 2.25 bits per heavy atom. The van der Waals surface area contributed by atoms with Crippen molar-refractivity contribution in [1.29, 1.82) is 5.26 Å². The highest BCUT2D eigenvalue weighted by Crippen LogP contribution is 2.36. The summed E-state index contributed by atoms with van der Waals surface area (Å²) in [5.74, 6) is -0.993. The van der Waals surface area contributed by atoms with Crippen molar-refractivity contribution >= 4 is 62.6 Å². The highest BCUT2D eigenvalue weighted by Gasteiger charge is 2.22. The lowest BCUT2D eigenvalue weighted by molar-refractivity contribution is -0.112. The van der Waals surface area contributed by atoms with Gasteiger partial charge in [-0.15, -0.1) is 0 Å². The molecule has 10 heteroatoms. The number of benzene rings is 3. The van der Waals surface area contributed by atoms with Crippen molar-refractivity contribution in [3.05, 3.63) is 92.9 Å². The summed E-state index contributed by atoms with van der Waals surface area (Å²) in [6, 6.07) is 18.2. The van der Waals surface area contributed by atoms with Gasteiger partial charge in [-0.1, -0.05) is 53.0 Å². The van der Waals surface area contributed by atoms with Gasteiger partial charge in [-0.2, -0.15) is 13.7 Å². The number of nitrogens with zero attached hydrogens (tertiary/aromatic N) is 1. The second kappa shape index (κ2) is 10.1. The number of carbonyl (C=O) groups is 1. The third-order valence-electron chi connectivity index (χ3n) is 4.03. The van der Waals surface area contributed by atoms with Gasteiger partial charge in [0.25, 0.3) is 5.91 Å². The monoisotopic (exact) mass is 506 g/mol. The maximum atomic E-state index is 12.7. The van der Waals surface area contributed by atoms with Crippen molar-refractivity contribution in [1.82, 2.24) is 0 Å². The Morgan fingerprint density at radius 1 is 0.969 bits per heavy atom. The Kier molecular flexibility index (Phi) is 7.44. The molecule has 6 nitrogen and oxygen atoms in total. The SMILES string of the molecule is N#C/C(=C\c1cc(Cl)cc(Cl)c1OS(=O)(=O)c1ccc(Cl)cc1)C(=O)Nc1ccccc1. The largest absolute Gasteiger partial charge is 0.377 e. The smallest absolute Gasteiger partial charge is 0.339 e. The molecule has 0 saturated heterocycles. The van der Waals surface area contributed by atoms with E-state index in [0.717, 1.165) is 6.08 Å². The maximum Gasteiger partial charge on any atom is 0.339 e. The molecule has 0 unspecified atom stereocenters. The van der Waals surface area contributed by atoms with Crippen LogP contribution in [0.1, 0.15) is 5.56 Å². The number of halogens is 3. The van der Waals surface area contributed by atoms with Gasteiger partial charge in [-0.3, -0.25) is 4.79 Å². The first-order chi connectivity index (χ1) is 15.2. The van der Waals surface area contributed by atoms with Gasteiger partial charge in [-0.25, -0.2) is 0 Å². The summed E-state index contributed by atoms with van der Waals surface area (Å²) in [6.45, 7) is 0. The minimum Gasteiger partial charge on any atom is -0.377 e. The summed E-state index contributed by atoms with van der Waals surface area (Å²) >= 11 is 18.0. The standard InChI is InChI=1S/C22H13Cl3N2O4S/c23-16-6-8-19(9-7-16)32(29,30)31-21-14(11-17(24)12-20(21)25)10-15(13-26)22(28)27-18-4-2-1-3-5-18/h1-12H,(H,27,28)/b15-10+. The van der Waals surface area contributed by atoms with E-state index in [1.165, 1.54) is 36.4 Å². The molecule has 0 heterocycles. The second-order valence-corrected chi connectivity index (χ2v) is 9.11. The van der Waals surface area contributed by atoms with Crippen molar-refractivity contribution in [3.63, 3.8) is 0 Å². The molecule has 3 aromatic carbocycles. The van der Waals surface area contributed by atoms with Crippen LogP contribution < -0.4 is 9.50 Å². The number of para-hydroxylation sites is 1. The molecule has 0 bridgehead atoms. The van der Waals surface area contributed by atoms with Crippen LogP contribution >= 0.6 is 34.8 Å². The number of nitrogens with one attached hydrogen (secondary N) is 1. The van der Waals surface area contributed by atoms with Crippen molar-refractivity contribution < 1.29 is 17.4 Å². The number of rotatable bonds is 6. The zero-order valence-corrected chi connectivity index (χ0v) is 19.1. The fourth-order valence-electron chi connectivity index (χ4n) is 2.56. The molecule has 1 N–H and O–H groups in total. The normalized spacial score (nSPS) is 11.5. The van der Waals surface area contributed by atoms with E-state index in [9.17, 15) is 18.5 Å². The first-order valence-electron chi connectivity index (χ1n) is 8.87. The zero-order chi connectivity index (χ0) is 23.3. The molecular weight excluding hydrogens is 495 g/mol. The van der Waals surface area contributed by atoms with Crippen LogP contribution in [0.4, 0.5) is 5.69 Å². The molecule has 0 radical (unpaired) electrons. The molecule has 32 heavy (non-hydrogen) atoms. The van der Waals surface area contributed by atoms with Gasteiger partial charge >= 0.3 is 10.1 Å². The summed E-state index contributed by atoms with van der Waals surface area (Å²) in [7, 11) is -4.30. The molecule has 3 rings (SSSR count). The predicted octanol–water partition coefficient (Wildman–Crippen LogP) is 5.96. The van der Waals surface area contributed by atoms with Gasteiger partial charge < -0.3 is 9.50 Å². The first kappa shape index (κ1) is 23.6. The molecule has 0 aliphatic heterocycles. The Balaban J connectivity index is 2.00. The van der Waals surface area contributed by atoms with E-state index in [1.54, 1.807) is 36.4 Å². The third-order valence-corrected chi connectivity index (χ3v) is 6.02. The molecule has 0 atom stereocenters. The summed E-state index contributed by atoms with van der Waals surface area (Å²) in [4.78, 5) is 12.4. The Hall–Kier alpha value is -3.02. The van der Waals surface area contributed by atoms with Crippen molar-refractivity contribution in [2.75, 3.05) is 5.32 Å².